The fourth-order valence-electron chi connectivity index (χ4n) is 3.24. The van der Waals surface area contributed by atoms with Crippen LogP contribution >= 0.6 is 0 Å². The van der Waals surface area contributed by atoms with E-state index < -0.39 is 0 Å². The predicted molar refractivity (Wildman–Crippen MR) is 86.4 cm³/mol. The van der Waals surface area contributed by atoms with Gasteiger partial charge in [0.25, 0.3) is 0 Å². The minimum atomic E-state index is -0.194. The third kappa shape index (κ3) is 4.52. The summed E-state index contributed by atoms with van der Waals surface area (Å²) in [5, 5.41) is 3.17. The minimum absolute atomic E-state index is 0.0622. The van der Waals surface area contributed by atoms with E-state index in [0.717, 1.165) is 44.5 Å². The Labute approximate surface area is 137 Å². The first kappa shape index (κ1) is 16.4. The summed E-state index contributed by atoms with van der Waals surface area (Å²) in [6, 6.07) is 6.96. The number of piperidine rings is 1. The van der Waals surface area contributed by atoms with Gasteiger partial charge in [-0.05, 0) is 43.9 Å². The summed E-state index contributed by atoms with van der Waals surface area (Å²) in [4.78, 5) is 14.5. The van der Waals surface area contributed by atoms with Gasteiger partial charge in [0, 0.05) is 32.3 Å². The van der Waals surface area contributed by atoms with Crippen molar-refractivity contribution in [2.24, 2.45) is 5.92 Å². The monoisotopic (exact) mass is 320 g/mol. The van der Waals surface area contributed by atoms with Gasteiger partial charge in [0.15, 0.2) is 0 Å². The molecule has 4 nitrogen and oxygen atoms in total. The fourth-order valence-corrected chi connectivity index (χ4v) is 3.24. The van der Waals surface area contributed by atoms with E-state index in [1.807, 2.05) is 19.1 Å². The molecule has 0 aromatic heterocycles. The van der Waals surface area contributed by atoms with Gasteiger partial charge >= 0.3 is 0 Å². The van der Waals surface area contributed by atoms with E-state index in [9.17, 15) is 9.18 Å². The maximum absolute atomic E-state index is 12.9. The molecule has 2 fully saturated rings. The van der Waals surface area contributed by atoms with Gasteiger partial charge in [-0.15, -0.1) is 0 Å². The molecule has 1 saturated carbocycles. The zero-order valence-electron chi connectivity index (χ0n) is 13.6. The van der Waals surface area contributed by atoms with E-state index in [1.165, 1.54) is 12.1 Å². The summed E-state index contributed by atoms with van der Waals surface area (Å²) >= 11 is 0. The van der Waals surface area contributed by atoms with E-state index in [-0.39, 0.29) is 29.8 Å². The first-order chi connectivity index (χ1) is 11.2. The van der Waals surface area contributed by atoms with Crippen LogP contribution in [0.15, 0.2) is 24.3 Å². The van der Waals surface area contributed by atoms with Crippen LogP contribution in [0.25, 0.3) is 0 Å². The number of rotatable bonds is 6. The smallest absolute Gasteiger partial charge is 0.226 e. The quantitative estimate of drug-likeness (QED) is 0.875. The van der Waals surface area contributed by atoms with Crippen molar-refractivity contribution < 1.29 is 13.9 Å². The first-order valence-corrected chi connectivity index (χ1v) is 8.54. The summed E-state index contributed by atoms with van der Waals surface area (Å²) < 4.78 is 18.4. The molecule has 1 saturated heterocycles. The van der Waals surface area contributed by atoms with Gasteiger partial charge in [-0.1, -0.05) is 12.1 Å². The number of likely N-dealkylation sites (tertiary alicyclic amines) is 1. The molecule has 1 aliphatic heterocycles. The number of benzene rings is 1. The lowest BCUT2D eigenvalue weighted by Crippen LogP contribution is -2.45. The van der Waals surface area contributed by atoms with Crippen LogP contribution in [-0.2, 0) is 16.1 Å². The largest absolute Gasteiger partial charge is 0.378 e. The normalized spacial score (nSPS) is 25.3. The van der Waals surface area contributed by atoms with Gasteiger partial charge in [-0.3, -0.25) is 9.69 Å². The molecule has 2 aliphatic rings. The number of nitrogens with zero attached hydrogens (tertiary/aromatic N) is 1. The number of halogens is 1. The lowest BCUT2D eigenvalue weighted by Gasteiger charge is -2.32. The van der Waals surface area contributed by atoms with Crippen molar-refractivity contribution in [2.75, 3.05) is 19.7 Å². The van der Waals surface area contributed by atoms with Crippen molar-refractivity contribution in [2.45, 2.75) is 44.9 Å². The van der Waals surface area contributed by atoms with Crippen molar-refractivity contribution in [1.82, 2.24) is 10.2 Å². The molecule has 1 aromatic rings. The number of hydrogen-bond acceptors (Lipinski definition) is 3. The summed E-state index contributed by atoms with van der Waals surface area (Å²) in [6.07, 6.45) is 2.94. The van der Waals surface area contributed by atoms with Crippen LogP contribution < -0.4 is 5.32 Å². The zero-order chi connectivity index (χ0) is 16.2. The second-order valence-electron chi connectivity index (χ2n) is 6.52. The Morgan fingerprint density at radius 2 is 2.00 bits per heavy atom. The molecule has 5 heteroatoms. The highest BCUT2D eigenvalue weighted by atomic mass is 19.1. The highest BCUT2D eigenvalue weighted by Gasteiger charge is 2.44. The lowest BCUT2D eigenvalue weighted by molar-refractivity contribution is -0.124. The van der Waals surface area contributed by atoms with Crippen LogP contribution in [0.5, 0.6) is 0 Å². The van der Waals surface area contributed by atoms with Crippen molar-refractivity contribution in [1.29, 1.82) is 0 Å². The van der Waals surface area contributed by atoms with Gasteiger partial charge in [0.05, 0.1) is 12.0 Å². The molecule has 0 bridgehead atoms. The van der Waals surface area contributed by atoms with Crippen molar-refractivity contribution in [3.05, 3.63) is 35.6 Å². The Kier molecular flexibility index (Phi) is 5.28. The predicted octanol–water partition coefficient (Wildman–Crippen LogP) is 2.33. The van der Waals surface area contributed by atoms with Crippen LogP contribution in [0.2, 0.25) is 0 Å². The number of ether oxygens (including phenoxy) is 1. The van der Waals surface area contributed by atoms with E-state index in [0.29, 0.717) is 6.61 Å². The van der Waals surface area contributed by atoms with Gasteiger partial charge in [0.2, 0.25) is 5.91 Å². The molecule has 1 amide bonds. The Hall–Kier alpha value is -1.46. The fraction of sp³-hybridized carbons (Fsp3) is 0.611. The number of hydrogen-bond donors (Lipinski definition) is 1. The molecule has 2 unspecified atom stereocenters. The SMILES string of the molecule is CCOC1CC1C(=O)NC1CCN(Cc2ccc(F)cc2)CC1. The number of nitrogens with one attached hydrogen (secondary N) is 1. The second kappa shape index (κ2) is 7.41. The Morgan fingerprint density at radius 1 is 1.30 bits per heavy atom. The molecule has 1 aromatic carbocycles. The average Bonchev–Trinajstić information content (AvgIpc) is 3.31. The topological polar surface area (TPSA) is 41.6 Å². The molecule has 0 radical (unpaired) electrons. The van der Waals surface area contributed by atoms with Crippen LogP contribution in [0, 0.1) is 11.7 Å². The van der Waals surface area contributed by atoms with Gasteiger partial charge in [-0.2, -0.15) is 0 Å². The molecule has 0 spiro atoms. The van der Waals surface area contributed by atoms with Crippen molar-refractivity contribution in [3.8, 4) is 0 Å². The van der Waals surface area contributed by atoms with E-state index in [4.69, 9.17) is 4.74 Å². The molecule has 1 N–H and O–H groups in total. The van der Waals surface area contributed by atoms with Crippen LogP contribution in [0.1, 0.15) is 31.7 Å². The number of carbonyl (C=O) groups is 1. The molecule has 3 rings (SSSR count). The van der Waals surface area contributed by atoms with Crippen LogP contribution in [-0.4, -0.2) is 42.6 Å². The van der Waals surface area contributed by atoms with Gasteiger partial charge in [0.1, 0.15) is 5.82 Å². The van der Waals surface area contributed by atoms with Gasteiger partial charge < -0.3 is 10.1 Å². The molecule has 1 aliphatic carbocycles. The van der Waals surface area contributed by atoms with E-state index in [2.05, 4.69) is 10.2 Å². The molecule has 126 valence electrons. The average molecular weight is 320 g/mol. The van der Waals surface area contributed by atoms with Gasteiger partial charge in [-0.25, -0.2) is 4.39 Å². The standard InChI is InChI=1S/C18H25FN2O2/c1-2-23-17-11-16(17)18(22)20-15-7-9-21(10-8-15)12-13-3-5-14(19)6-4-13/h3-6,15-17H,2,7-12H2,1H3,(H,20,22). The van der Waals surface area contributed by atoms with E-state index in [1.54, 1.807) is 0 Å². The minimum Gasteiger partial charge on any atom is -0.378 e. The highest BCUT2D eigenvalue weighted by Crippen LogP contribution is 2.34. The molecule has 1 heterocycles. The molecule has 23 heavy (non-hydrogen) atoms. The van der Waals surface area contributed by atoms with E-state index >= 15 is 0 Å². The third-order valence-corrected chi connectivity index (χ3v) is 4.70. The maximum Gasteiger partial charge on any atom is 0.226 e. The summed E-state index contributed by atoms with van der Waals surface area (Å²) in [6.45, 7) is 5.40. The molecule has 2 atom stereocenters. The van der Waals surface area contributed by atoms with Crippen molar-refractivity contribution in [3.63, 3.8) is 0 Å². The Balaban J connectivity index is 1.38. The van der Waals surface area contributed by atoms with Crippen LogP contribution in [0.4, 0.5) is 4.39 Å². The molecular weight excluding hydrogens is 295 g/mol. The molecular formula is C18H25FN2O2. The number of amides is 1. The highest BCUT2D eigenvalue weighted by molar-refractivity contribution is 5.82. The third-order valence-electron chi connectivity index (χ3n) is 4.70. The first-order valence-electron chi connectivity index (χ1n) is 8.54. The van der Waals surface area contributed by atoms with Crippen LogP contribution in [0.3, 0.4) is 0 Å². The lowest BCUT2D eigenvalue weighted by atomic mass is 10.0. The zero-order valence-corrected chi connectivity index (χ0v) is 13.6. The second-order valence-corrected chi connectivity index (χ2v) is 6.52. The number of carbonyl (C=O) groups excluding carboxylic acids is 1. The summed E-state index contributed by atoms with van der Waals surface area (Å²) in [5.74, 6) is 0.0215. The maximum atomic E-state index is 12.9. The Bertz CT molecular complexity index is 526. The Morgan fingerprint density at radius 3 is 2.65 bits per heavy atom. The van der Waals surface area contributed by atoms with Crippen molar-refractivity contribution >= 4 is 5.91 Å². The summed E-state index contributed by atoms with van der Waals surface area (Å²) in [7, 11) is 0. The summed E-state index contributed by atoms with van der Waals surface area (Å²) in [5.41, 5.74) is 1.13.